The Kier molecular flexibility index (Phi) is 4.83. The van der Waals surface area contributed by atoms with Crippen molar-refractivity contribution in [1.29, 1.82) is 0 Å². The number of nitrogens with one attached hydrogen (secondary N) is 1. The zero-order valence-corrected chi connectivity index (χ0v) is 14.7. The molecule has 2 atom stereocenters. The molecule has 2 aromatic rings. The average Bonchev–Trinajstić information content (AvgIpc) is 3.05. The number of rotatable bonds is 5. The largest absolute Gasteiger partial charge is 0.469 e. The van der Waals surface area contributed by atoms with Gasteiger partial charge in [-0.05, 0) is 79.0 Å². The van der Waals surface area contributed by atoms with E-state index in [9.17, 15) is 0 Å². The molecule has 108 valence electrons. The summed E-state index contributed by atoms with van der Waals surface area (Å²) in [6.07, 6.45) is 7.75. The molecule has 0 saturated carbocycles. The molecule has 0 saturated heterocycles. The second kappa shape index (κ2) is 6.62. The Balaban J connectivity index is 1.57. The maximum atomic E-state index is 5.41. The Morgan fingerprint density at radius 1 is 1.55 bits per heavy atom. The fraction of sp³-hybridized carbons (Fsp3) is 0.500. The molecule has 3 rings (SSSR count). The summed E-state index contributed by atoms with van der Waals surface area (Å²) < 4.78 is 6.83. The Morgan fingerprint density at radius 2 is 2.45 bits per heavy atom. The molecule has 0 spiro atoms. The van der Waals surface area contributed by atoms with Crippen molar-refractivity contribution in [2.45, 2.75) is 51.1 Å². The number of fused-ring (bicyclic) bond motifs is 1. The van der Waals surface area contributed by atoms with Crippen LogP contribution in [0.5, 0.6) is 0 Å². The lowest BCUT2D eigenvalue weighted by Gasteiger charge is -2.27. The zero-order chi connectivity index (χ0) is 13.9. The van der Waals surface area contributed by atoms with Gasteiger partial charge in [-0.25, -0.2) is 0 Å². The monoisotopic (exact) mass is 401 g/mol. The number of furan rings is 1. The van der Waals surface area contributed by atoms with E-state index in [0.717, 1.165) is 18.6 Å². The highest BCUT2D eigenvalue weighted by Crippen LogP contribution is 2.36. The van der Waals surface area contributed by atoms with Crippen LogP contribution >= 0.6 is 33.9 Å². The van der Waals surface area contributed by atoms with Crippen LogP contribution in [0.1, 0.15) is 48.4 Å². The summed E-state index contributed by atoms with van der Waals surface area (Å²) in [5.41, 5.74) is 1.55. The third-order valence-electron chi connectivity index (χ3n) is 3.97. The van der Waals surface area contributed by atoms with Gasteiger partial charge in [-0.1, -0.05) is 0 Å². The van der Waals surface area contributed by atoms with E-state index in [1.807, 2.05) is 17.4 Å². The van der Waals surface area contributed by atoms with Crippen LogP contribution in [0.3, 0.4) is 0 Å². The predicted octanol–water partition coefficient (Wildman–Crippen LogP) is 4.93. The van der Waals surface area contributed by atoms with E-state index in [-0.39, 0.29) is 0 Å². The molecule has 2 unspecified atom stereocenters. The summed E-state index contributed by atoms with van der Waals surface area (Å²) in [7, 11) is 0. The molecule has 0 aromatic carbocycles. The first-order valence-electron chi connectivity index (χ1n) is 7.29. The minimum Gasteiger partial charge on any atom is -0.469 e. The minimum absolute atomic E-state index is 0.522. The maximum absolute atomic E-state index is 5.41. The molecule has 0 radical (unpaired) electrons. The fourth-order valence-corrected chi connectivity index (χ4v) is 5.05. The molecule has 0 amide bonds. The smallest absolute Gasteiger partial charge is 0.103 e. The quantitative estimate of drug-likeness (QED) is 0.719. The van der Waals surface area contributed by atoms with Crippen molar-refractivity contribution in [3.05, 3.63) is 43.5 Å². The Labute approximate surface area is 138 Å². The van der Waals surface area contributed by atoms with Gasteiger partial charge in [-0.3, -0.25) is 0 Å². The lowest BCUT2D eigenvalue weighted by atomic mass is 9.93. The van der Waals surface area contributed by atoms with Crippen molar-refractivity contribution >= 4 is 33.9 Å². The van der Waals surface area contributed by atoms with E-state index in [0.29, 0.717) is 12.1 Å². The first-order valence-corrected chi connectivity index (χ1v) is 9.18. The van der Waals surface area contributed by atoms with Gasteiger partial charge in [-0.2, -0.15) is 0 Å². The van der Waals surface area contributed by atoms with Gasteiger partial charge in [0.2, 0.25) is 0 Å². The van der Waals surface area contributed by atoms with Crippen LogP contribution in [0, 0.1) is 2.88 Å². The van der Waals surface area contributed by atoms with E-state index in [1.165, 1.54) is 22.1 Å². The molecule has 0 bridgehead atoms. The van der Waals surface area contributed by atoms with Crippen LogP contribution in [-0.2, 0) is 12.8 Å². The normalized spacial score (nSPS) is 19.8. The molecule has 2 aromatic heterocycles. The van der Waals surface area contributed by atoms with Crippen molar-refractivity contribution in [3.63, 3.8) is 0 Å². The highest BCUT2D eigenvalue weighted by Gasteiger charge is 2.23. The van der Waals surface area contributed by atoms with Crippen molar-refractivity contribution in [1.82, 2.24) is 5.32 Å². The Hall–Kier alpha value is -0.330. The standard InChI is InChI=1S/C16H20INOS/c1-11(7-8-12-4-3-9-19-12)18-14-5-2-6-15-13(14)10-16(17)20-15/h3-4,9-11,14,18H,2,5-8H2,1H3. The molecular weight excluding hydrogens is 381 g/mol. The summed E-state index contributed by atoms with van der Waals surface area (Å²) in [6.45, 7) is 2.29. The van der Waals surface area contributed by atoms with Crippen molar-refractivity contribution < 1.29 is 4.42 Å². The minimum atomic E-state index is 0.522. The van der Waals surface area contributed by atoms with E-state index >= 15 is 0 Å². The molecule has 1 N–H and O–H groups in total. The van der Waals surface area contributed by atoms with Crippen LogP contribution < -0.4 is 5.32 Å². The maximum Gasteiger partial charge on any atom is 0.103 e. The van der Waals surface area contributed by atoms with Crippen molar-refractivity contribution in [2.75, 3.05) is 0 Å². The summed E-state index contributed by atoms with van der Waals surface area (Å²) in [5, 5.41) is 3.81. The third kappa shape index (κ3) is 3.46. The highest BCUT2D eigenvalue weighted by atomic mass is 127. The van der Waals surface area contributed by atoms with Gasteiger partial charge in [0.1, 0.15) is 5.76 Å². The lowest BCUT2D eigenvalue weighted by molar-refractivity contribution is 0.388. The molecule has 0 fully saturated rings. The van der Waals surface area contributed by atoms with Crippen LogP contribution in [0.4, 0.5) is 0 Å². The molecular formula is C16H20INOS. The van der Waals surface area contributed by atoms with E-state index < -0.39 is 0 Å². The van der Waals surface area contributed by atoms with Crippen LogP contribution in [-0.4, -0.2) is 6.04 Å². The topological polar surface area (TPSA) is 25.2 Å². The number of thiophene rings is 1. The van der Waals surface area contributed by atoms with Gasteiger partial charge in [0, 0.05) is 23.4 Å². The molecule has 20 heavy (non-hydrogen) atoms. The third-order valence-corrected chi connectivity index (χ3v) is 5.94. The number of halogens is 1. The predicted molar refractivity (Wildman–Crippen MR) is 92.3 cm³/mol. The summed E-state index contributed by atoms with van der Waals surface area (Å²) in [5.74, 6) is 1.09. The van der Waals surface area contributed by atoms with Crippen molar-refractivity contribution in [2.24, 2.45) is 0 Å². The number of aryl methyl sites for hydroxylation is 2. The second-order valence-corrected chi connectivity index (χ2v) is 8.59. The van der Waals surface area contributed by atoms with Gasteiger partial charge in [0.25, 0.3) is 0 Å². The Morgan fingerprint density at radius 3 is 3.25 bits per heavy atom. The summed E-state index contributed by atoms with van der Waals surface area (Å²) in [6, 6.07) is 7.47. The highest BCUT2D eigenvalue weighted by molar-refractivity contribution is 14.1. The lowest BCUT2D eigenvalue weighted by Crippen LogP contribution is -2.32. The molecule has 1 aliphatic carbocycles. The van der Waals surface area contributed by atoms with Crippen LogP contribution in [0.2, 0.25) is 0 Å². The van der Waals surface area contributed by atoms with E-state index in [2.05, 4.69) is 47.0 Å². The van der Waals surface area contributed by atoms with Gasteiger partial charge in [0.05, 0.1) is 9.15 Å². The SMILES string of the molecule is CC(CCc1ccco1)NC1CCCc2sc(I)cc21. The van der Waals surface area contributed by atoms with Crippen LogP contribution in [0.25, 0.3) is 0 Å². The van der Waals surface area contributed by atoms with Gasteiger partial charge in [-0.15, -0.1) is 11.3 Å². The van der Waals surface area contributed by atoms with Crippen LogP contribution in [0.15, 0.2) is 28.9 Å². The average molecular weight is 401 g/mol. The van der Waals surface area contributed by atoms with Gasteiger partial charge in [0.15, 0.2) is 0 Å². The number of hydrogen-bond donors (Lipinski definition) is 1. The first-order chi connectivity index (χ1) is 9.72. The fourth-order valence-electron chi connectivity index (χ4n) is 2.93. The summed E-state index contributed by atoms with van der Waals surface area (Å²) in [4.78, 5) is 1.59. The number of hydrogen-bond acceptors (Lipinski definition) is 3. The van der Waals surface area contributed by atoms with Gasteiger partial charge >= 0.3 is 0 Å². The van der Waals surface area contributed by atoms with Crippen molar-refractivity contribution in [3.8, 4) is 0 Å². The zero-order valence-electron chi connectivity index (χ0n) is 11.7. The second-order valence-electron chi connectivity index (χ2n) is 5.56. The van der Waals surface area contributed by atoms with Gasteiger partial charge < -0.3 is 9.73 Å². The molecule has 1 aliphatic rings. The molecule has 2 nitrogen and oxygen atoms in total. The Bertz CT molecular complexity index is 549. The van der Waals surface area contributed by atoms with E-state index in [1.54, 1.807) is 16.7 Å². The summed E-state index contributed by atoms with van der Waals surface area (Å²) >= 11 is 4.41. The first kappa shape index (κ1) is 14.6. The van der Waals surface area contributed by atoms with E-state index in [4.69, 9.17) is 4.42 Å². The molecule has 0 aliphatic heterocycles. The molecule has 2 heterocycles. The molecule has 4 heteroatoms.